The Hall–Kier alpha value is -0.610. The Labute approximate surface area is 143 Å². The number of carbonyl (C=O) groups excluding carboxylic acids is 1. The lowest BCUT2D eigenvalue weighted by Crippen LogP contribution is -2.50. The predicted octanol–water partition coefficient (Wildman–Crippen LogP) is 2.54. The Balaban J connectivity index is 0.000000203. The summed E-state index contributed by atoms with van der Waals surface area (Å²) >= 11 is 0. The molecule has 2 heterocycles. The Morgan fingerprint density at radius 2 is 1.52 bits per heavy atom. The van der Waals surface area contributed by atoms with Gasteiger partial charge in [-0.3, -0.25) is 9.69 Å². The van der Waals surface area contributed by atoms with Crippen LogP contribution in [0.2, 0.25) is 0 Å². The van der Waals surface area contributed by atoms with Gasteiger partial charge in [0, 0.05) is 45.3 Å². The molecule has 3 fully saturated rings. The lowest BCUT2D eigenvalue weighted by molar-refractivity contribution is -0.120. The lowest BCUT2D eigenvalue weighted by Gasteiger charge is -2.40. The fourth-order valence-corrected chi connectivity index (χ4v) is 3.98. The second-order valence-electron chi connectivity index (χ2n) is 8.32. The minimum atomic E-state index is 0.801. The van der Waals surface area contributed by atoms with Crippen molar-refractivity contribution in [3.05, 3.63) is 0 Å². The topological polar surface area (TPSA) is 26.8 Å². The van der Waals surface area contributed by atoms with Gasteiger partial charge in [-0.2, -0.15) is 0 Å². The molecule has 0 radical (unpaired) electrons. The minimum absolute atomic E-state index is 0.801. The first-order valence-corrected chi connectivity index (χ1v) is 9.61. The van der Waals surface area contributed by atoms with Crippen molar-refractivity contribution >= 4 is 6.41 Å². The van der Waals surface area contributed by atoms with E-state index in [0.717, 1.165) is 56.4 Å². The van der Waals surface area contributed by atoms with Crippen LogP contribution in [0.3, 0.4) is 0 Å². The average Bonchev–Trinajstić information content (AvgIpc) is 2.53. The summed E-state index contributed by atoms with van der Waals surface area (Å²) in [6.07, 6.45) is 6.49. The van der Waals surface area contributed by atoms with Gasteiger partial charge < -0.3 is 9.80 Å². The van der Waals surface area contributed by atoms with Crippen LogP contribution in [0, 0.1) is 17.8 Å². The van der Waals surface area contributed by atoms with Gasteiger partial charge in [-0.15, -0.1) is 0 Å². The Morgan fingerprint density at radius 3 is 1.91 bits per heavy atom. The standard InChI is InChI=1S/C12H22N2O.C7H15N/c1-11-2-4-12(5-3-11)14-8-6-13(10-15)7-9-14;1-6(2)7-4-8(3)5-7/h10-12H,2-9H2,1H3;6-7H,4-5H2,1-3H3. The molecule has 0 aromatic carbocycles. The monoisotopic (exact) mass is 323 g/mol. The van der Waals surface area contributed by atoms with Gasteiger partial charge in [-0.05, 0) is 50.5 Å². The van der Waals surface area contributed by atoms with Crippen molar-refractivity contribution in [2.24, 2.45) is 17.8 Å². The van der Waals surface area contributed by atoms with E-state index in [0.29, 0.717) is 0 Å². The third-order valence-corrected chi connectivity index (χ3v) is 6.03. The molecule has 4 nitrogen and oxygen atoms in total. The third-order valence-electron chi connectivity index (χ3n) is 6.03. The number of hydrogen-bond donors (Lipinski definition) is 0. The molecule has 1 amide bonds. The SMILES string of the molecule is CC(C)C1CN(C)C1.CC1CCC(N2CCN(C=O)CC2)CC1. The molecule has 23 heavy (non-hydrogen) atoms. The van der Waals surface area contributed by atoms with E-state index in [1.165, 1.54) is 38.8 Å². The summed E-state index contributed by atoms with van der Waals surface area (Å²) in [5.41, 5.74) is 0. The Bertz CT molecular complexity index is 339. The van der Waals surface area contributed by atoms with Crippen LogP contribution >= 0.6 is 0 Å². The van der Waals surface area contributed by atoms with Crippen LogP contribution in [0.1, 0.15) is 46.5 Å². The quantitative estimate of drug-likeness (QED) is 0.747. The van der Waals surface area contributed by atoms with E-state index in [9.17, 15) is 4.79 Å². The van der Waals surface area contributed by atoms with E-state index < -0.39 is 0 Å². The molecule has 2 saturated heterocycles. The summed E-state index contributed by atoms with van der Waals surface area (Å²) in [4.78, 5) is 17.4. The van der Waals surface area contributed by atoms with E-state index in [-0.39, 0.29) is 0 Å². The molecule has 0 bridgehead atoms. The number of likely N-dealkylation sites (tertiary alicyclic amines) is 1. The highest BCUT2D eigenvalue weighted by Crippen LogP contribution is 2.27. The first-order chi connectivity index (χ1) is 11.0. The van der Waals surface area contributed by atoms with Crippen LogP contribution in [0.5, 0.6) is 0 Å². The summed E-state index contributed by atoms with van der Waals surface area (Å²) in [5.74, 6) is 2.81. The molecule has 2 aliphatic heterocycles. The van der Waals surface area contributed by atoms with Gasteiger partial charge in [0.25, 0.3) is 0 Å². The van der Waals surface area contributed by atoms with E-state index in [1.807, 2.05) is 4.90 Å². The smallest absolute Gasteiger partial charge is 0.209 e. The summed E-state index contributed by atoms with van der Waals surface area (Å²) in [5, 5.41) is 0. The van der Waals surface area contributed by atoms with Crippen LogP contribution in [-0.2, 0) is 4.79 Å². The molecule has 0 atom stereocenters. The largest absolute Gasteiger partial charge is 0.343 e. The van der Waals surface area contributed by atoms with Gasteiger partial charge in [0.05, 0.1) is 0 Å². The van der Waals surface area contributed by atoms with Crippen molar-refractivity contribution in [2.45, 2.75) is 52.5 Å². The average molecular weight is 324 g/mol. The lowest BCUT2D eigenvalue weighted by atomic mass is 9.86. The Kier molecular flexibility index (Phi) is 7.35. The molecule has 4 heteroatoms. The maximum Gasteiger partial charge on any atom is 0.209 e. The van der Waals surface area contributed by atoms with Gasteiger partial charge >= 0.3 is 0 Å². The molecule has 0 aromatic heterocycles. The molecule has 0 N–H and O–H groups in total. The van der Waals surface area contributed by atoms with Gasteiger partial charge in [-0.25, -0.2) is 0 Å². The number of piperazine rings is 1. The first-order valence-electron chi connectivity index (χ1n) is 9.61. The molecule has 134 valence electrons. The molecule has 0 spiro atoms. The molecule has 1 aliphatic carbocycles. The molecular formula is C19H37N3O. The molecule has 0 aromatic rings. The fraction of sp³-hybridized carbons (Fsp3) is 0.947. The third kappa shape index (κ3) is 5.75. The number of carbonyl (C=O) groups is 1. The fourth-order valence-electron chi connectivity index (χ4n) is 3.98. The maximum absolute atomic E-state index is 10.6. The van der Waals surface area contributed by atoms with E-state index in [4.69, 9.17) is 0 Å². The maximum atomic E-state index is 10.6. The molecule has 3 rings (SSSR count). The van der Waals surface area contributed by atoms with Crippen molar-refractivity contribution in [1.29, 1.82) is 0 Å². The Morgan fingerprint density at radius 1 is 0.957 bits per heavy atom. The number of rotatable bonds is 3. The zero-order valence-corrected chi connectivity index (χ0v) is 15.7. The molecule has 3 aliphatic rings. The highest BCUT2D eigenvalue weighted by molar-refractivity contribution is 5.47. The first kappa shape index (κ1) is 18.7. The summed E-state index contributed by atoms with van der Waals surface area (Å²) < 4.78 is 0. The predicted molar refractivity (Wildman–Crippen MR) is 96.5 cm³/mol. The van der Waals surface area contributed by atoms with E-state index in [2.05, 4.69) is 37.6 Å². The number of amides is 1. The van der Waals surface area contributed by atoms with Gasteiger partial charge in [-0.1, -0.05) is 20.8 Å². The highest BCUT2D eigenvalue weighted by Gasteiger charge is 2.26. The van der Waals surface area contributed by atoms with Crippen molar-refractivity contribution in [1.82, 2.24) is 14.7 Å². The van der Waals surface area contributed by atoms with Crippen molar-refractivity contribution in [2.75, 3.05) is 46.3 Å². The van der Waals surface area contributed by atoms with Crippen LogP contribution in [-0.4, -0.2) is 73.5 Å². The summed E-state index contributed by atoms with van der Waals surface area (Å²) in [6.45, 7) is 13.6. The van der Waals surface area contributed by atoms with E-state index >= 15 is 0 Å². The van der Waals surface area contributed by atoms with Gasteiger partial charge in [0.1, 0.15) is 0 Å². The van der Waals surface area contributed by atoms with Crippen molar-refractivity contribution in [3.8, 4) is 0 Å². The molecule has 0 unspecified atom stereocenters. The van der Waals surface area contributed by atoms with Crippen molar-refractivity contribution in [3.63, 3.8) is 0 Å². The van der Waals surface area contributed by atoms with Crippen LogP contribution in [0.15, 0.2) is 0 Å². The van der Waals surface area contributed by atoms with Crippen LogP contribution in [0.4, 0.5) is 0 Å². The minimum Gasteiger partial charge on any atom is -0.343 e. The summed E-state index contributed by atoms with van der Waals surface area (Å²) in [7, 11) is 2.18. The van der Waals surface area contributed by atoms with Gasteiger partial charge in [0.2, 0.25) is 6.41 Å². The van der Waals surface area contributed by atoms with E-state index in [1.54, 1.807) is 0 Å². The zero-order valence-electron chi connectivity index (χ0n) is 15.7. The molecule has 1 saturated carbocycles. The number of nitrogens with zero attached hydrogens (tertiary/aromatic N) is 3. The van der Waals surface area contributed by atoms with Crippen LogP contribution in [0.25, 0.3) is 0 Å². The van der Waals surface area contributed by atoms with Crippen LogP contribution < -0.4 is 0 Å². The second-order valence-corrected chi connectivity index (χ2v) is 8.32. The zero-order chi connectivity index (χ0) is 16.8. The highest BCUT2D eigenvalue weighted by atomic mass is 16.1. The molecular weight excluding hydrogens is 286 g/mol. The second kappa shape index (κ2) is 9.03. The normalized spacial score (nSPS) is 30.6. The van der Waals surface area contributed by atoms with Crippen molar-refractivity contribution < 1.29 is 4.79 Å². The summed E-state index contributed by atoms with van der Waals surface area (Å²) in [6, 6.07) is 0.801. The van der Waals surface area contributed by atoms with Gasteiger partial charge in [0.15, 0.2) is 0 Å². The number of hydrogen-bond acceptors (Lipinski definition) is 3.